The number of ether oxygens (including phenoxy) is 7. The molecule has 3 saturated heterocycles. The lowest BCUT2D eigenvalue weighted by Gasteiger charge is -2.26. The summed E-state index contributed by atoms with van der Waals surface area (Å²) in [6.45, 7) is 0.515. The Morgan fingerprint density at radius 1 is 0.537 bits per heavy atom. The molecule has 0 aromatic carbocycles. The normalized spacial score (nSPS) is 37.9. The Kier molecular flexibility index (Phi) is 9.12. The third-order valence-corrected chi connectivity index (χ3v) is 9.54. The average molecular weight is 579 g/mol. The molecule has 0 spiro atoms. The van der Waals surface area contributed by atoms with E-state index in [2.05, 4.69) is 0 Å². The van der Waals surface area contributed by atoms with Gasteiger partial charge in [0.15, 0.2) is 6.61 Å². The number of epoxide rings is 3. The molecule has 0 aromatic heterocycles. The zero-order valence-electron chi connectivity index (χ0n) is 23.6. The Hall–Kier alpha value is -2.24. The molecule has 6 aliphatic rings. The van der Waals surface area contributed by atoms with E-state index < -0.39 is 36.4 Å². The maximum absolute atomic E-state index is 12.9. The first-order valence-corrected chi connectivity index (χ1v) is 15.5. The van der Waals surface area contributed by atoms with Crippen LogP contribution in [-0.4, -0.2) is 86.9 Å². The highest BCUT2D eigenvalue weighted by Crippen LogP contribution is 2.44. The van der Waals surface area contributed by atoms with Crippen LogP contribution < -0.4 is 0 Å². The Morgan fingerprint density at radius 2 is 1.07 bits per heavy atom. The highest BCUT2D eigenvalue weighted by Gasteiger charge is 2.53. The van der Waals surface area contributed by atoms with Crippen LogP contribution in [0.3, 0.4) is 0 Å². The molecule has 228 valence electrons. The Labute approximate surface area is 240 Å². The van der Waals surface area contributed by atoms with Gasteiger partial charge in [0.1, 0.15) is 0 Å². The van der Waals surface area contributed by atoms with Gasteiger partial charge in [-0.15, -0.1) is 0 Å². The third kappa shape index (κ3) is 7.99. The van der Waals surface area contributed by atoms with Crippen molar-refractivity contribution in [2.45, 2.75) is 114 Å². The predicted molar refractivity (Wildman–Crippen MR) is 139 cm³/mol. The predicted octanol–water partition coefficient (Wildman–Crippen LogP) is 2.65. The van der Waals surface area contributed by atoms with Crippen LogP contribution in [0.25, 0.3) is 0 Å². The van der Waals surface area contributed by atoms with Gasteiger partial charge in [-0.3, -0.25) is 14.4 Å². The van der Waals surface area contributed by atoms with Crippen LogP contribution in [0.4, 0.5) is 0 Å². The smallest absolute Gasteiger partial charge is 0.344 e. The minimum Gasteiger partial charge on any atom is -0.465 e. The number of carbonyl (C=O) groups is 4. The van der Waals surface area contributed by atoms with Crippen LogP contribution in [0.15, 0.2) is 0 Å². The van der Waals surface area contributed by atoms with E-state index in [1.807, 2.05) is 0 Å². The zero-order valence-corrected chi connectivity index (χ0v) is 23.6. The van der Waals surface area contributed by atoms with Gasteiger partial charge in [-0.25, -0.2) is 4.79 Å². The van der Waals surface area contributed by atoms with Crippen molar-refractivity contribution >= 4 is 23.9 Å². The van der Waals surface area contributed by atoms with Gasteiger partial charge >= 0.3 is 23.9 Å². The lowest BCUT2D eigenvalue weighted by molar-refractivity contribution is -0.167. The van der Waals surface area contributed by atoms with Crippen LogP contribution in [0.2, 0.25) is 0 Å². The molecule has 10 atom stereocenters. The van der Waals surface area contributed by atoms with E-state index >= 15 is 0 Å². The summed E-state index contributed by atoms with van der Waals surface area (Å²) < 4.78 is 38.1. The van der Waals surface area contributed by atoms with Crippen LogP contribution in [0, 0.1) is 23.7 Å². The molecular weight excluding hydrogens is 536 g/mol. The van der Waals surface area contributed by atoms with Crippen LogP contribution in [0.1, 0.15) is 77.0 Å². The van der Waals surface area contributed by atoms with Gasteiger partial charge in [0.25, 0.3) is 0 Å². The zero-order chi connectivity index (χ0) is 28.3. The Bertz CT molecular complexity index is 983. The summed E-state index contributed by atoms with van der Waals surface area (Å²) in [7, 11) is 0. The molecule has 0 amide bonds. The maximum atomic E-state index is 12.9. The van der Waals surface area contributed by atoms with Crippen LogP contribution in [-0.2, 0) is 52.3 Å². The van der Waals surface area contributed by atoms with E-state index in [4.69, 9.17) is 33.2 Å². The monoisotopic (exact) mass is 578 g/mol. The molecule has 10 unspecified atom stereocenters. The molecule has 6 rings (SSSR count). The lowest BCUT2D eigenvalue weighted by atomic mass is 9.79. The van der Waals surface area contributed by atoms with E-state index in [-0.39, 0.29) is 30.7 Å². The first-order valence-electron chi connectivity index (χ1n) is 15.5. The van der Waals surface area contributed by atoms with Gasteiger partial charge in [-0.2, -0.15) is 0 Å². The molecule has 3 aliphatic carbocycles. The number of unbranched alkanes of at least 4 members (excludes halogenated alkanes) is 2. The van der Waals surface area contributed by atoms with E-state index in [0.717, 1.165) is 44.9 Å². The van der Waals surface area contributed by atoms with Crippen LogP contribution in [0.5, 0.6) is 0 Å². The number of rotatable bonds is 14. The standard InChI is InChI=1S/C30H42O11/c31-27(36-14-17-5-7-21-23(10-17)39-21)4-2-1-3-9-35-29(33)19-12-25-26(41-25)13-20(19)30(34)38-16-28(32)37-15-18-6-8-22-24(11-18)40-22/h17-26H,1-16H2. The fourth-order valence-electron chi connectivity index (χ4n) is 6.82. The first kappa shape index (κ1) is 28.9. The largest absolute Gasteiger partial charge is 0.465 e. The van der Waals surface area contributed by atoms with Crippen LogP contribution >= 0.6 is 0 Å². The van der Waals surface area contributed by atoms with Crippen molar-refractivity contribution in [2.24, 2.45) is 23.7 Å². The molecule has 11 nitrogen and oxygen atoms in total. The SMILES string of the molecule is O=C(CCCCCOC(=O)C1CC2OC2CC1C(=O)OCC(=O)OCC1CCC2OC2C1)OCC1CCC2OC2C1. The molecule has 11 heteroatoms. The van der Waals surface area contributed by atoms with Crippen molar-refractivity contribution in [1.29, 1.82) is 0 Å². The topological polar surface area (TPSA) is 143 Å². The fourth-order valence-corrected chi connectivity index (χ4v) is 6.82. The number of fused-ring (bicyclic) bond motifs is 3. The van der Waals surface area contributed by atoms with Crippen molar-refractivity contribution in [3.8, 4) is 0 Å². The summed E-state index contributed by atoms with van der Waals surface area (Å²) in [6, 6.07) is 0. The van der Waals surface area contributed by atoms with Gasteiger partial charge < -0.3 is 33.2 Å². The van der Waals surface area contributed by atoms with E-state index in [1.54, 1.807) is 0 Å². The molecule has 0 bridgehead atoms. The second kappa shape index (κ2) is 13.0. The summed E-state index contributed by atoms with van der Waals surface area (Å²) in [5.74, 6) is -2.51. The molecule has 0 aromatic rings. The second-order valence-electron chi connectivity index (χ2n) is 12.6. The number of esters is 4. The van der Waals surface area contributed by atoms with Crippen molar-refractivity contribution in [3.63, 3.8) is 0 Å². The van der Waals surface area contributed by atoms with E-state index in [1.165, 1.54) is 0 Å². The molecule has 6 fully saturated rings. The number of hydrogen-bond acceptors (Lipinski definition) is 11. The maximum Gasteiger partial charge on any atom is 0.344 e. The molecule has 41 heavy (non-hydrogen) atoms. The van der Waals surface area contributed by atoms with Gasteiger partial charge in [0, 0.05) is 6.42 Å². The van der Waals surface area contributed by atoms with Crippen molar-refractivity contribution < 1.29 is 52.3 Å². The van der Waals surface area contributed by atoms with Crippen molar-refractivity contribution in [3.05, 3.63) is 0 Å². The molecule has 3 aliphatic heterocycles. The Morgan fingerprint density at radius 3 is 1.68 bits per heavy atom. The molecule has 0 radical (unpaired) electrons. The molecule has 3 saturated carbocycles. The number of hydrogen-bond donors (Lipinski definition) is 0. The van der Waals surface area contributed by atoms with Gasteiger partial charge in [-0.1, -0.05) is 0 Å². The molecule has 3 heterocycles. The minimum atomic E-state index is -0.711. The summed E-state index contributed by atoms with van der Waals surface area (Å²) in [4.78, 5) is 49.9. The van der Waals surface area contributed by atoms with Crippen molar-refractivity contribution in [2.75, 3.05) is 26.4 Å². The van der Waals surface area contributed by atoms with E-state index in [0.29, 0.717) is 75.7 Å². The van der Waals surface area contributed by atoms with E-state index in [9.17, 15) is 19.2 Å². The first-order chi connectivity index (χ1) is 19.9. The minimum absolute atomic E-state index is 0.0371. The summed E-state index contributed by atoms with van der Waals surface area (Å²) in [6.07, 6.45) is 10.5. The van der Waals surface area contributed by atoms with Gasteiger partial charge in [-0.05, 0) is 82.5 Å². The Balaban J connectivity index is 0.834. The highest BCUT2D eigenvalue weighted by molar-refractivity contribution is 5.84. The van der Waals surface area contributed by atoms with Gasteiger partial charge in [0.2, 0.25) is 0 Å². The summed E-state index contributed by atoms with van der Waals surface area (Å²) in [5.41, 5.74) is 0. The van der Waals surface area contributed by atoms with Crippen molar-refractivity contribution in [1.82, 2.24) is 0 Å². The lowest BCUT2D eigenvalue weighted by Crippen LogP contribution is -2.38. The third-order valence-electron chi connectivity index (χ3n) is 9.54. The quantitative estimate of drug-likeness (QED) is 0.130. The summed E-state index contributed by atoms with van der Waals surface area (Å²) >= 11 is 0. The molecule has 0 N–H and O–H groups in total. The molecular formula is C30H42O11. The van der Waals surface area contributed by atoms with Gasteiger partial charge in [0.05, 0.1) is 68.3 Å². The highest BCUT2D eigenvalue weighted by atomic mass is 16.6. The second-order valence-corrected chi connectivity index (χ2v) is 12.6. The fraction of sp³-hybridized carbons (Fsp3) is 0.867. The number of carbonyl (C=O) groups excluding carboxylic acids is 4. The average Bonchev–Trinajstić information content (AvgIpc) is 3.86. The summed E-state index contributed by atoms with van der Waals surface area (Å²) in [5, 5.41) is 0.